The number of aromatic nitrogens is 1. The van der Waals surface area contributed by atoms with Gasteiger partial charge in [-0.25, -0.2) is 4.79 Å². The monoisotopic (exact) mass is 483 g/mol. The summed E-state index contributed by atoms with van der Waals surface area (Å²) < 4.78 is 7.88. The molecule has 0 bridgehead atoms. The summed E-state index contributed by atoms with van der Waals surface area (Å²) in [6, 6.07) is 21.9. The number of carbonyl (C=O) groups is 1. The Kier molecular flexibility index (Phi) is 5.82. The Morgan fingerprint density at radius 3 is 2.60 bits per heavy atom. The molecule has 35 heavy (non-hydrogen) atoms. The van der Waals surface area contributed by atoms with Crippen LogP contribution in [0.15, 0.2) is 72.9 Å². The highest BCUT2D eigenvalue weighted by molar-refractivity contribution is 7.15. The number of thiophene rings is 1. The van der Waals surface area contributed by atoms with Crippen LogP contribution in [0.5, 0.6) is 5.75 Å². The second-order valence-corrected chi connectivity index (χ2v) is 10.2. The molecule has 5 nitrogen and oxygen atoms in total. The lowest BCUT2D eigenvalue weighted by Gasteiger charge is -2.31. The third kappa shape index (κ3) is 4.02. The van der Waals surface area contributed by atoms with Crippen LogP contribution in [0.4, 0.5) is 10.5 Å². The van der Waals surface area contributed by atoms with Gasteiger partial charge < -0.3 is 19.5 Å². The van der Waals surface area contributed by atoms with Gasteiger partial charge in [0.15, 0.2) is 0 Å². The Morgan fingerprint density at radius 2 is 1.80 bits per heavy atom. The van der Waals surface area contributed by atoms with Crippen LogP contribution in [0.25, 0.3) is 5.00 Å². The Bertz CT molecular complexity index is 1340. The number of amides is 2. The van der Waals surface area contributed by atoms with Crippen molar-refractivity contribution >= 4 is 23.1 Å². The molecule has 2 aromatic carbocycles. The van der Waals surface area contributed by atoms with Gasteiger partial charge in [0.2, 0.25) is 0 Å². The molecule has 0 saturated heterocycles. The number of nitrogens with zero attached hydrogens (tertiary/aromatic N) is 2. The van der Waals surface area contributed by atoms with Crippen molar-refractivity contribution in [1.82, 2.24) is 9.47 Å². The van der Waals surface area contributed by atoms with Crippen LogP contribution < -0.4 is 10.1 Å². The number of fused-ring (bicyclic) bond motifs is 5. The highest BCUT2D eigenvalue weighted by atomic mass is 32.1. The molecule has 1 aliphatic carbocycles. The molecule has 2 amide bonds. The van der Waals surface area contributed by atoms with Crippen LogP contribution >= 0.6 is 11.3 Å². The zero-order valence-electron chi connectivity index (χ0n) is 19.9. The minimum absolute atomic E-state index is 0.0978. The maximum absolute atomic E-state index is 13.9. The van der Waals surface area contributed by atoms with Crippen LogP contribution in [0, 0.1) is 0 Å². The first-order valence-corrected chi connectivity index (χ1v) is 13.2. The Hall–Kier alpha value is -3.51. The second kappa shape index (κ2) is 9.27. The summed E-state index contributed by atoms with van der Waals surface area (Å²) in [5.74, 6) is 0.801. The average molecular weight is 484 g/mol. The number of aryl methyl sites for hydroxylation is 1. The number of carbonyl (C=O) groups excluding carboxylic acids is 1. The molecule has 178 valence electrons. The summed E-state index contributed by atoms with van der Waals surface area (Å²) in [5.41, 5.74) is 5.76. The smallest absolute Gasteiger partial charge is 0.322 e. The molecule has 1 atom stereocenters. The van der Waals surface area contributed by atoms with Crippen molar-refractivity contribution < 1.29 is 9.53 Å². The molecule has 4 aromatic rings. The van der Waals surface area contributed by atoms with Crippen molar-refractivity contribution in [2.45, 2.75) is 45.2 Å². The van der Waals surface area contributed by atoms with Crippen molar-refractivity contribution in [2.75, 3.05) is 11.9 Å². The topological polar surface area (TPSA) is 46.5 Å². The highest BCUT2D eigenvalue weighted by Crippen LogP contribution is 2.44. The zero-order valence-corrected chi connectivity index (χ0v) is 20.7. The number of urea groups is 1. The number of rotatable bonds is 4. The largest absolute Gasteiger partial charge is 0.494 e. The summed E-state index contributed by atoms with van der Waals surface area (Å²) in [5, 5.41) is 4.43. The van der Waals surface area contributed by atoms with Gasteiger partial charge in [0.05, 0.1) is 24.9 Å². The van der Waals surface area contributed by atoms with Gasteiger partial charge in [0.25, 0.3) is 0 Å². The number of benzene rings is 2. The van der Waals surface area contributed by atoms with Gasteiger partial charge in [-0.3, -0.25) is 0 Å². The van der Waals surface area contributed by atoms with Gasteiger partial charge in [-0.2, -0.15) is 0 Å². The van der Waals surface area contributed by atoms with E-state index in [2.05, 4.69) is 40.3 Å². The summed E-state index contributed by atoms with van der Waals surface area (Å²) in [6.07, 6.45) is 6.86. The third-order valence-electron chi connectivity index (χ3n) is 6.97. The fourth-order valence-corrected chi connectivity index (χ4v) is 6.77. The van der Waals surface area contributed by atoms with Crippen molar-refractivity contribution in [1.29, 1.82) is 0 Å². The zero-order chi connectivity index (χ0) is 23.8. The van der Waals surface area contributed by atoms with E-state index in [0.29, 0.717) is 13.2 Å². The first-order chi connectivity index (χ1) is 17.2. The van der Waals surface area contributed by atoms with Crippen LogP contribution in [-0.2, 0) is 19.4 Å². The molecule has 0 unspecified atom stereocenters. The first kappa shape index (κ1) is 22.0. The lowest BCUT2D eigenvalue weighted by Crippen LogP contribution is -2.38. The SMILES string of the molecule is CCOc1ccc(NC(=O)N2Cc3c(sc4c3CCCC4)-n3cccc3[C@H]2c2ccccc2)cc1. The Labute approximate surface area is 210 Å². The molecule has 6 heteroatoms. The predicted octanol–water partition coefficient (Wildman–Crippen LogP) is 6.95. The molecule has 0 radical (unpaired) electrons. The number of hydrogen-bond donors (Lipinski definition) is 1. The van der Waals surface area contributed by atoms with Gasteiger partial charge in [-0.1, -0.05) is 30.3 Å². The first-order valence-electron chi connectivity index (χ1n) is 12.4. The maximum Gasteiger partial charge on any atom is 0.322 e. The quantitative estimate of drug-likeness (QED) is 0.341. The molecule has 0 fully saturated rings. The highest BCUT2D eigenvalue weighted by Gasteiger charge is 2.36. The van der Waals surface area contributed by atoms with E-state index in [1.165, 1.54) is 33.8 Å². The Morgan fingerprint density at radius 1 is 1.00 bits per heavy atom. The third-order valence-corrected chi connectivity index (χ3v) is 8.31. The van der Waals surface area contributed by atoms with Gasteiger partial charge in [-0.05, 0) is 80.1 Å². The molecular weight excluding hydrogens is 454 g/mol. The normalized spacial score (nSPS) is 16.6. The van der Waals surface area contributed by atoms with E-state index in [1.807, 2.05) is 65.6 Å². The molecule has 2 aliphatic rings. The summed E-state index contributed by atoms with van der Waals surface area (Å²) in [6.45, 7) is 3.17. The van der Waals surface area contributed by atoms with E-state index < -0.39 is 0 Å². The minimum atomic E-state index is -0.187. The molecule has 6 rings (SSSR count). The van der Waals surface area contributed by atoms with E-state index in [9.17, 15) is 4.79 Å². The fourth-order valence-electron chi connectivity index (χ4n) is 5.37. The van der Waals surface area contributed by atoms with Gasteiger partial charge in [-0.15, -0.1) is 11.3 Å². The van der Waals surface area contributed by atoms with Crippen LogP contribution in [0.3, 0.4) is 0 Å². The second-order valence-electron chi connectivity index (χ2n) is 9.13. The van der Waals surface area contributed by atoms with Crippen molar-refractivity contribution in [3.05, 3.63) is 100 Å². The number of hydrogen-bond acceptors (Lipinski definition) is 3. The summed E-state index contributed by atoms with van der Waals surface area (Å²) in [4.78, 5) is 17.4. The molecule has 3 heterocycles. The average Bonchev–Trinajstić information content (AvgIpc) is 3.48. The van der Waals surface area contributed by atoms with Crippen molar-refractivity contribution in [3.8, 4) is 10.8 Å². The standard InChI is InChI=1S/C29H29N3O2S/c1-2-34-22-16-14-21(15-17-22)30-29(33)32-19-24-23-11-6-7-13-26(23)35-28(24)31-18-8-12-25(31)27(32)20-9-4-3-5-10-20/h3-5,8-10,12,14-18,27H,2,6-7,11,13,19H2,1H3,(H,30,33)/t27-/m1/s1. The molecule has 0 spiro atoms. The molecule has 1 N–H and O–H groups in total. The maximum atomic E-state index is 13.9. The van der Waals surface area contributed by atoms with Crippen molar-refractivity contribution in [3.63, 3.8) is 0 Å². The minimum Gasteiger partial charge on any atom is -0.494 e. The van der Waals surface area contributed by atoms with Gasteiger partial charge >= 0.3 is 6.03 Å². The van der Waals surface area contributed by atoms with Crippen LogP contribution in [0.2, 0.25) is 0 Å². The Balaban J connectivity index is 1.43. The summed E-state index contributed by atoms with van der Waals surface area (Å²) >= 11 is 1.91. The number of ether oxygens (including phenoxy) is 1. The van der Waals surface area contributed by atoms with E-state index in [1.54, 1.807) is 0 Å². The fraction of sp³-hybridized carbons (Fsp3) is 0.276. The molecule has 0 saturated carbocycles. The molecule has 2 aromatic heterocycles. The van der Waals surface area contributed by atoms with E-state index >= 15 is 0 Å². The lowest BCUT2D eigenvalue weighted by molar-refractivity contribution is 0.194. The summed E-state index contributed by atoms with van der Waals surface area (Å²) in [7, 11) is 0. The predicted molar refractivity (Wildman–Crippen MR) is 141 cm³/mol. The number of anilines is 1. The van der Waals surface area contributed by atoms with Crippen LogP contribution in [0.1, 0.15) is 53.1 Å². The van der Waals surface area contributed by atoms with Gasteiger partial charge in [0, 0.05) is 22.3 Å². The van der Waals surface area contributed by atoms with E-state index in [0.717, 1.165) is 35.5 Å². The van der Waals surface area contributed by atoms with Crippen molar-refractivity contribution in [2.24, 2.45) is 0 Å². The van der Waals surface area contributed by atoms with Crippen LogP contribution in [-0.4, -0.2) is 22.1 Å². The molecular formula is C29H29N3O2S. The van der Waals surface area contributed by atoms with E-state index in [-0.39, 0.29) is 12.1 Å². The molecule has 1 aliphatic heterocycles. The number of nitrogens with one attached hydrogen (secondary N) is 1. The lowest BCUT2D eigenvalue weighted by atomic mass is 9.95. The van der Waals surface area contributed by atoms with E-state index in [4.69, 9.17) is 4.74 Å². The van der Waals surface area contributed by atoms with Gasteiger partial charge in [0.1, 0.15) is 10.8 Å².